The Labute approximate surface area is 130 Å². The predicted octanol–water partition coefficient (Wildman–Crippen LogP) is 2.45. The van der Waals surface area contributed by atoms with Crippen molar-refractivity contribution >= 4 is 11.5 Å². The van der Waals surface area contributed by atoms with Gasteiger partial charge in [-0.3, -0.25) is 0 Å². The second-order valence-electron chi connectivity index (χ2n) is 5.76. The monoisotopic (exact) mass is 301 g/mol. The third-order valence-electron chi connectivity index (χ3n) is 4.50. The fourth-order valence-corrected chi connectivity index (χ4v) is 3.55. The molecule has 3 rings (SSSR count). The maximum absolute atomic E-state index is 12.5. The zero-order chi connectivity index (χ0) is 15.7. The highest BCUT2D eigenvalue weighted by Gasteiger charge is 2.30. The Morgan fingerprint density at radius 3 is 3.00 bits per heavy atom. The van der Waals surface area contributed by atoms with E-state index in [1.165, 1.54) is 11.1 Å². The van der Waals surface area contributed by atoms with Gasteiger partial charge >= 0.3 is 5.97 Å². The average molecular weight is 301 g/mol. The topological polar surface area (TPSA) is 69.6 Å². The Hall–Kier alpha value is -1.88. The largest absolute Gasteiger partial charge is 0.462 e. The summed E-state index contributed by atoms with van der Waals surface area (Å²) in [7, 11) is 0. The third kappa shape index (κ3) is 2.29. The van der Waals surface area contributed by atoms with Crippen LogP contribution in [0.4, 0.5) is 0 Å². The number of rotatable bonds is 5. The molecule has 0 spiro atoms. The zero-order valence-corrected chi connectivity index (χ0v) is 13.3. The molecule has 2 aromatic heterocycles. The van der Waals surface area contributed by atoms with Gasteiger partial charge in [-0.1, -0.05) is 6.92 Å². The molecule has 0 bridgehead atoms. The van der Waals surface area contributed by atoms with Gasteiger partial charge in [0.05, 0.1) is 17.8 Å². The fourth-order valence-electron chi connectivity index (χ4n) is 3.55. The van der Waals surface area contributed by atoms with Gasteiger partial charge in [0, 0.05) is 6.20 Å². The van der Waals surface area contributed by atoms with Gasteiger partial charge in [-0.25, -0.2) is 9.31 Å². The average Bonchev–Trinajstić information content (AvgIpc) is 3.08. The van der Waals surface area contributed by atoms with Gasteiger partial charge < -0.3 is 10.5 Å². The Kier molecular flexibility index (Phi) is 4.16. The molecule has 1 atom stereocenters. The summed E-state index contributed by atoms with van der Waals surface area (Å²) in [6.07, 6.45) is 5.77. The van der Waals surface area contributed by atoms with E-state index in [4.69, 9.17) is 10.5 Å². The number of fused-ring (bicyclic) bond motifs is 3. The van der Waals surface area contributed by atoms with Crippen molar-refractivity contribution in [2.75, 3.05) is 13.2 Å². The minimum atomic E-state index is -0.263. The second kappa shape index (κ2) is 6.08. The molecule has 0 saturated carbocycles. The van der Waals surface area contributed by atoms with Crippen LogP contribution in [0, 0.1) is 0 Å². The number of aryl methyl sites for hydroxylation is 2. The molecule has 1 unspecified atom stereocenters. The molecule has 118 valence electrons. The Bertz CT molecular complexity index is 703. The van der Waals surface area contributed by atoms with E-state index in [9.17, 15) is 4.79 Å². The summed E-state index contributed by atoms with van der Waals surface area (Å²) < 4.78 is 7.12. The molecule has 2 heterocycles. The first-order valence-corrected chi connectivity index (χ1v) is 8.11. The zero-order valence-electron chi connectivity index (χ0n) is 13.3. The summed E-state index contributed by atoms with van der Waals surface area (Å²) >= 11 is 0. The van der Waals surface area contributed by atoms with E-state index in [1.54, 1.807) is 0 Å². The molecule has 0 aliphatic heterocycles. The summed E-state index contributed by atoms with van der Waals surface area (Å²) in [4.78, 5) is 12.5. The maximum Gasteiger partial charge on any atom is 0.342 e. The van der Waals surface area contributed by atoms with Crippen LogP contribution in [0.1, 0.15) is 59.8 Å². The summed E-state index contributed by atoms with van der Waals surface area (Å²) in [5.41, 5.74) is 10.7. The molecule has 0 fully saturated rings. The van der Waals surface area contributed by atoms with Gasteiger partial charge in [0.15, 0.2) is 0 Å². The number of hydrogen-bond donors (Lipinski definition) is 1. The van der Waals surface area contributed by atoms with E-state index in [2.05, 4.69) is 11.2 Å². The van der Waals surface area contributed by atoms with E-state index >= 15 is 0 Å². The molecule has 0 amide bonds. The van der Waals surface area contributed by atoms with E-state index in [0.29, 0.717) is 31.1 Å². The normalized spacial score (nSPS) is 17.0. The van der Waals surface area contributed by atoms with Crippen molar-refractivity contribution in [3.8, 4) is 0 Å². The minimum absolute atomic E-state index is 0.263. The maximum atomic E-state index is 12.5. The van der Waals surface area contributed by atoms with Crippen LogP contribution in [0.2, 0.25) is 0 Å². The first-order valence-electron chi connectivity index (χ1n) is 8.11. The molecule has 0 saturated heterocycles. The molecule has 1 aliphatic carbocycles. The third-order valence-corrected chi connectivity index (χ3v) is 4.50. The number of aromatic nitrogens is 2. The van der Waals surface area contributed by atoms with E-state index in [-0.39, 0.29) is 5.97 Å². The number of esters is 1. The van der Waals surface area contributed by atoms with Crippen molar-refractivity contribution in [1.29, 1.82) is 0 Å². The summed E-state index contributed by atoms with van der Waals surface area (Å²) in [5.74, 6) is 0.152. The van der Waals surface area contributed by atoms with E-state index in [0.717, 1.165) is 30.5 Å². The fraction of sp³-hybridized carbons (Fsp3) is 0.529. The van der Waals surface area contributed by atoms with Gasteiger partial charge in [0.25, 0.3) is 0 Å². The van der Waals surface area contributed by atoms with Crippen LogP contribution in [-0.4, -0.2) is 28.7 Å². The molecule has 2 N–H and O–H groups in total. The standard InChI is InChI=1S/C17H23N3O2/c1-3-13-15(17(21)22-4-2)16-14-11(7-9-18)5-6-12(14)8-10-20(16)19-13/h8,10-11H,3-7,9,18H2,1-2H3. The number of nitrogens with zero attached hydrogens (tertiary/aromatic N) is 2. The lowest BCUT2D eigenvalue weighted by atomic mass is 9.95. The molecular formula is C17H23N3O2. The summed E-state index contributed by atoms with van der Waals surface area (Å²) in [5, 5.41) is 4.59. The molecule has 22 heavy (non-hydrogen) atoms. The minimum Gasteiger partial charge on any atom is -0.462 e. The number of ether oxygens (including phenoxy) is 1. The molecule has 1 aliphatic rings. The van der Waals surface area contributed by atoms with Crippen molar-refractivity contribution in [3.63, 3.8) is 0 Å². The number of hydrogen-bond acceptors (Lipinski definition) is 4. The van der Waals surface area contributed by atoms with Crippen molar-refractivity contribution in [3.05, 3.63) is 34.6 Å². The number of carbonyl (C=O) groups excluding carboxylic acids is 1. The lowest BCUT2D eigenvalue weighted by Gasteiger charge is -2.13. The lowest BCUT2D eigenvalue weighted by molar-refractivity contribution is 0.0527. The van der Waals surface area contributed by atoms with Crippen molar-refractivity contribution in [2.45, 2.75) is 45.4 Å². The van der Waals surface area contributed by atoms with Crippen LogP contribution >= 0.6 is 0 Å². The van der Waals surface area contributed by atoms with Crippen LogP contribution in [-0.2, 0) is 17.6 Å². The smallest absolute Gasteiger partial charge is 0.342 e. The van der Waals surface area contributed by atoms with Crippen LogP contribution in [0.25, 0.3) is 5.52 Å². The SMILES string of the molecule is CCOC(=O)c1c(CC)nn2ccc3c(c12)C(CCN)CC3. The van der Waals surface area contributed by atoms with Gasteiger partial charge in [-0.15, -0.1) is 0 Å². The number of carbonyl (C=O) groups is 1. The molecule has 0 radical (unpaired) electrons. The molecule has 0 aromatic carbocycles. The van der Waals surface area contributed by atoms with Crippen LogP contribution in [0.3, 0.4) is 0 Å². The highest BCUT2D eigenvalue weighted by Crippen LogP contribution is 2.39. The highest BCUT2D eigenvalue weighted by molar-refractivity contribution is 5.99. The summed E-state index contributed by atoms with van der Waals surface area (Å²) in [6, 6.07) is 2.13. The Morgan fingerprint density at radius 2 is 2.32 bits per heavy atom. The van der Waals surface area contributed by atoms with Gasteiger partial charge in [-0.05, 0) is 62.3 Å². The molecular weight excluding hydrogens is 278 g/mol. The molecule has 5 nitrogen and oxygen atoms in total. The van der Waals surface area contributed by atoms with Crippen LogP contribution in [0.5, 0.6) is 0 Å². The van der Waals surface area contributed by atoms with Crippen LogP contribution < -0.4 is 5.73 Å². The van der Waals surface area contributed by atoms with Crippen molar-refractivity contribution in [2.24, 2.45) is 5.73 Å². The number of pyridine rings is 1. The van der Waals surface area contributed by atoms with E-state index < -0.39 is 0 Å². The predicted molar refractivity (Wildman–Crippen MR) is 85.3 cm³/mol. The van der Waals surface area contributed by atoms with E-state index in [1.807, 2.05) is 24.6 Å². The van der Waals surface area contributed by atoms with Gasteiger partial charge in [0.2, 0.25) is 0 Å². The Balaban J connectivity index is 2.24. The first kappa shape index (κ1) is 15.0. The second-order valence-corrected chi connectivity index (χ2v) is 5.76. The van der Waals surface area contributed by atoms with Crippen molar-refractivity contribution < 1.29 is 9.53 Å². The Morgan fingerprint density at radius 1 is 1.50 bits per heavy atom. The van der Waals surface area contributed by atoms with Gasteiger partial charge in [-0.2, -0.15) is 5.10 Å². The lowest BCUT2D eigenvalue weighted by Crippen LogP contribution is -2.10. The summed E-state index contributed by atoms with van der Waals surface area (Å²) in [6.45, 7) is 4.88. The molecule has 5 heteroatoms. The highest BCUT2D eigenvalue weighted by atomic mass is 16.5. The number of nitrogens with two attached hydrogens (primary N) is 1. The first-order chi connectivity index (χ1) is 10.7. The van der Waals surface area contributed by atoms with Gasteiger partial charge in [0.1, 0.15) is 5.56 Å². The van der Waals surface area contributed by atoms with Crippen molar-refractivity contribution in [1.82, 2.24) is 9.61 Å². The molecule has 2 aromatic rings. The quantitative estimate of drug-likeness (QED) is 0.861. The van der Waals surface area contributed by atoms with Crippen LogP contribution in [0.15, 0.2) is 12.3 Å².